The molecule has 2 unspecified atom stereocenters. The molecule has 1 amide bonds. The number of carboxylic acids is 1. The van der Waals surface area contributed by atoms with Gasteiger partial charge in [0.05, 0.1) is 5.92 Å². The summed E-state index contributed by atoms with van der Waals surface area (Å²) >= 11 is 0. The lowest BCUT2D eigenvalue weighted by Gasteiger charge is -2.16. The highest BCUT2D eigenvalue weighted by Gasteiger charge is 2.40. The Bertz CT molecular complexity index is 775. The number of aromatic nitrogens is 2. The zero-order chi connectivity index (χ0) is 19.2. The maximum Gasteiger partial charge on any atom is 0.308 e. The number of carbonyl (C=O) groups excluding carboxylic acids is 1. The molecule has 2 heterocycles. The minimum Gasteiger partial charge on any atom is -0.481 e. The van der Waals surface area contributed by atoms with E-state index in [0.717, 1.165) is 18.4 Å². The fourth-order valence-corrected chi connectivity index (χ4v) is 3.56. The largest absolute Gasteiger partial charge is 0.481 e. The van der Waals surface area contributed by atoms with E-state index in [1.807, 2.05) is 30.3 Å². The van der Waals surface area contributed by atoms with E-state index in [-0.39, 0.29) is 18.4 Å². The number of aliphatic carboxylic acids is 1. The summed E-state index contributed by atoms with van der Waals surface area (Å²) in [6, 6.07) is 9.56. The molecule has 1 aromatic carbocycles. The van der Waals surface area contributed by atoms with Crippen LogP contribution in [0.5, 0.6) is 0 Å². The van der Waals surface area contributed by atoms with Gasteiger partial charge in [-0.05, 0) is 18.4 Å². The molecule has 3 rings (SSSR count). The Balaban J connectivity index is 1.54. The predicted molar refractivity (Wildman–Crippen MR) is 98.1 cm³/mol. The van der Waals surface area contributed by atoms with Gasteiger partial charge in [-0.15, -0.1) is 0 Å². The van der Waals surface area contributed by atoms with Gasteiger partial charge in [-0.1, -0.05) is 42.4 Å². The van der Waals surface area contributed by atoms with Crippen LogP contribution in [-0.4, -0.2) is 45.1 Å². The molecule has 0 spiro atoms. The molecule has 1 aliphatic heterocycles. The molecule has 0 aliphatic carbocycles. The van der Waals surface area contributed by atoms with Crippen LogP contribution in [-0.2, 0) is 22.4 Å². The quantitative estimate of drug-likeness (QED) is 0.766. The van der Waals surface area contributed by atoms with Crippen LogP contribution < -0.4 is 0 Å². The first-order valence-corrected chi connectivity index (χ1v) is 9.45. The van der Waals surface area contributed by atoms with Crippen molar-refractivity contribution in [1.29, 1.82) is 0 Å². The lowest BCUT2D eigenvalue weighted by Crippen LogP contribution is -2.29. The van der Waals surface area contributed by atoms with Gasteiger partial charge in [0.25, 0.3) is 0 Å². The molecule has 1 fully saturated rings. The number of likely N-dealkylation sites (tertiary alicyclic amines) is 1. The lowest BCUT2D eigenvalue weighted by atomic mass is 9.89. The van der Waals surface area contributed by atoms with Gasteiger partial charge in [-0.3, -0.25) is 9.59 Å². The highest BCUT2D eigenvalue weighted by Crippen LogP contribution is 2.33. The Morgan fingerprint density at radius 1 is 1.22 bits per heavy atom. The van der Waals surface area contributed by atoms with Gasteiger partial charge in [0.15, 0.2) is 5.82 Å². The normalized spacial score (nSPS) is 19.4. The molecule has 2 aromatic rings. The van der Waals surface area contributed by atoms with Crippen LogP contribution >= 0.6 is 0 Å². The monoisotopic (exact) mass is 371 g/mol. The number of benzene rings is 1. The zero-order valence-corrected chi connectivity index (χ0v) is 15.5. The van der Waals surface area contributed by atoms with Crippen molar-refractivity contribution in [2.24, 2.45) is 5.92 Å². The van der Waals surface area contributed by atoms with E-state index >= 15 is 0 Å². The number of aryl methyl sites for hydroxylation is 2. The van der Waals surface area contributed by atoms with E-state index in [2.05, 4.69) is 17.1 Å². The van der Waals surface area contributed by atoms with Crippen molar-refractivity contribution >= 4 is 11.9 Å². The number of carboxylic acid groups (broad SMARTS) is 1. The van der Waals surface area contributed by atoms with Crippen LogP contribution in [0.1, 0.15) is 49.4 Å². The van der Waals surface area contributed by atoms with Gasteiger partial charge in [0.2, 0.25) is 11.8 Å². The minimum atomic E-state index is -0.853. The average molecular weight is 371 g/mol. The highest BCUT2D eigenvalue weighted by molar-refractivity contribution is 5.79. The van der Waals surface area contributed by atoms with E-state index in [1.54, 1.807) is 4.90 Å². The predicted octanol–water partition coefficient (Wildman–Crippen LogP) is 2.67. The molecule has 2 atom stereocenters. The maximum absolute atomic E-state index is 12.6. The van der Waals surface area contributed by atoms with E-state index in [9.17, 15) is 14.7 Å². The van der Waals surface area contributed by atoms with Crippen molar-refractivity contribution in [2.45, 2.75) is 44.9 Å². The molecule has 7 nitrogen and oxygen atoms in total. The van der Waals surface area contributed by atoms with E-state index in [4.69, 9.17) is 4.52 Å². The zero-order valence-electron chi connectivity index (χ0n) is 15.5. The van der Waals surface area contributed by atoms with Crippen molar-refractivity contribution in [3.8, 4) is 0 Å². The summed E-state index contributed by atoms with van der Waals surface area (Å²) in [5.74, 6) is -0.350. The van der Waals surface area contributed by atoms with Crippen molar-refractivity contribution in [2.75, 3.05) is 13.1 Å². The summed E-state index contributed by atoms with van der Waals surface area (Å²) in [5.41, 5.74) is 0.967. The Labute approximate surface area is 158 Å². The summed E-state index contributed by atoms with van der Waals surface area (Å²) < 4.78 is 5.18. The second-order valence-corrected chi connectivity index (χ2v) is 6.97. The summed E-state index contributed by atoms with van der Waals surface area (Å²) in [6.45, 7) is 2.76. The number of carbonyl (C=O) groups is 2. The molecule has 1 aliphatic rings. The fraction of sp³-hybridized carbons (Fsp3) is 0.500. The number of amides is 1. The molecule has 0 radical (unpaired) electrons. The molecule has 144 valence electrons. The summed E-state index contributed by atoms with van der Waals surface area (Å²) in [4.78, 5) is 30.2. The van der Waals surface area contributed by atoms with Crippen LogP contribution in [0.25, 0.3) is 0 Å². The third kappa shape index (κ3) is 4.72. The summed E-state index contributed by atoms with van der Waals surface area (Å²) in [5, 5.41) is 13.5. The Morgan fingerprint density at radius 2 is 2.00 bits per heavy atom. The van der Waals surface area contributed by atoms with Gasteiger partial charge in [-0.25, -0.2) is 0 Å². The van der Waals surface area contributed by atoms with Crippen molar-refractivity contribution in [3.63, 3.8) is 0 Å². The second-order valence-electron chi connectivity index (χ2n) is 6.97. The van der Waals surface area contributed by atoms with Gasteiger partial charge < -0.3 is 14.5 Å². The second kappa shape index (κ2) is 8.79. The Hall–Kier alpha value is -2.70. The van der Waals surface area contributed by atoms with Crippen LogP contribution in [0.3, 0.4) is 0 Å². The number of rotatable bonds is 8. The van der Waals surface area contributed by atoms with Crippen LogP contribution in [0.2, 0.25) is 0 Å². The third-order valence-corrected chi connectivity index (χ3v) is 4.98. The SMILES string of the molecule is CCCc1noc(CCCC(=O)N2CC(C(=O)O)C(c3ccccc3)C2)n1. The first-order valence-electron chi connectivity index (χ1n) is 9.45. The smallest absolute Gasteiger partial charge is 0.308 e. The lowest BCUT2D eigenvalue weighted by molar-refractivity contribution is -0.141. The molecule has 7 heteroatoms. The molecule has 1 aromatic heterocycles. The van der Waals surface area contributed by atoms with Crippen molar-refractivity contribution in [3.05, 3.63) is 47.6 Å². The molecular weight excluding hydrogens is 346 g/mol. The first kappa shape index (κ1) is 19.1. The van der Waals surface area contributed by atoms with Crippen molar-refractivity contribution in [1.82, 2.24) is 15.0 Å². The van der Waals surface area contributed by atoms with Gasteiger partial charge in [0, 0.05) is 38.3 Å². The molecule has 0 saturated carbocycles. The van der Waals surface area contributed by atoms with Crippen LogP contribution in [0.15, 0.2) is 34.9 Å². The molecule has 0 bridgehead atoms. The highest BCUT2D eigenvalue weighted by atomic mass is 16.5. The molecular formula is C20H25N3O4. The molecule has 27 heavy (non-hydrogen) atoms. The van der Waals surface area contributed by atoms with Gasteiger partial charge >= 0.3 is 5.97 Å². The first-order chi connectivity index (χ1) is 13.1. The molecule has 1 N–H and O–H groups in total. The number of hydrogen-bond donors (Lipinski definition) is 1. The minimum absolute atomic E-state index is 0.0204. The Morgan fingerprint density at radius 3 is 2.70 bits per heavy atom. The topological polar surface area (TPSA) is 96.5 Å². The van der Waals surface area contributed by atoms with Crippen LogP contribution in [0.4, 0.5) is 0 Å². The standard InChI is InChI=1S/C20H25N3O4/c1-2-7-17-21-18(27-22-17)10-6-11-19(24)23-12-15(16(13-23)20(25)26)14-8-4-3-5-9-14/h3-5,8-9,15-16H,2,6-7,10-13H2,1H3,(H,25,26). The maximum atomic E-state index is 12.6. The molecule has 1 saturated heterocycles. The number of nitrogens with zero attached hydrogens (tertiary/aromatic N) is 3. The average Bonchev–Trinajstić information content (AvgIpc) is 3.30. The van der Waals surface area contributed by atoms with Gasteiger partial charge in [0.1, 0.15) is 0 Å². The Kier molecular flexibility index (Phi) is 6.21. The van der Waals surface area contributed by atoms with Gasteiger partial charge in [-0.2, -0.15) is 4.98 Å². The third-order valence-electron chi connectivity index (χ3n) is 4.98. The fourth-order valence-electron chi connectivity index (χ4n) is 3.56. The summed E-state index contributed by atoms with van der Waals surface area (Å²) in [6.07, 6.45) is 3.25. The summed E-state index contributed by atoms with van der Waals surface area (Å²) in [7, 11) is 0. The van der Waals surface area contributed by atoms with E-state index < -0.39 is 11.9 Å². The van der Waals surface area contributed by atoms with Crippen molar-refractivity contribution < 1.29 is 19.2 Å². The van der Waals surface area contributed by atoms with E-state index in [1.165, 1.54) is 0 Å². The van der Waals surface area contributed by atoms with E-state index in [0.29, 0.717) is 37.5 Å². The number of hydrogen-bond acceptors (Lipinski definition) is 5. The van der Waals surface area contributed by atoms with Crippen LogP contribution in [0, 0.1) is 5.92 Å².